The molecule has 0 fully saturated rings. The van der Waals surface area contributed by atoms with E-state index in [1.807, 2.05) is 6.07 Å². The maximum atomic E-state index is 2.28. The van der Waals surface area contributed by atoms with Crippen molar-refractivity contribution in [2.45, 2.75) is 25.7 Å². The zero-order valence-electron chi connectivity index (χ0n) is 15.6. The van der Waals surface area contributed by atoms with E-state index in [9.17, 15) is 0 Å². The molecule has 1 aliphatic rings. The zero-order chi connectivity index (χ0) is 18.2. The fourth-order valence-corrected chi connectivity index (χ4v) is 3.27. The summed E-state index contributed by atoms with van der Waals surface area (Å²) in [5, 5.41) is 0. The predicted octanol–water partition coefficient (Wildman–Crippen LogP) is 7.12. The van der Waals surface area contributed by atoms with Gasteiger partial charge >= 0.3 is 0 Å². The average molecular weight is 338 g/mol. The topological polar surface area (TPSA) is 0 Å². The van der Waals surface area contributed by atoms with Gasteiger partial charge in [-0.05, 0) is 35.6 Å². The van der Waals surface area contributed by atoms with Gasteiger partial charge in [-0.15, -0.1) is 0 Å². The van der Waals surface area contributed by atoms with Crippen molar-refractivity contribution >= 4 is 0 Å². The van der Waals surface area contributed by atoms with Gasteiger partial charge in [0.15, 0.2) is 0 Å². The van der Waals surface area contributed by atoms with Crippen LogP contribution in [0.25, 0.3) is 11.1 Å². The Bertz CT molecular complexity index is 872. The van der Waals surface area contributed by atoms with Crippen LogP contribution in [0.3, 0.4) is 0 Å². The summed E-state index contributed by atoms with van der Waals surface area (Å²) >= 11 is 0. The Hall–Kier alpha value is -2.86. The van der Waals surface area contributed by atoms with Crippen LogP contribution in [-0.4, -0.2) is 0 Å². The molecule has 4 rings (SSSR count). The molecule has 0 heterocycles. The van der Waals surface area contributed by atoms with Crippen molar-refractivity contribution in [2.24, 2.45) is 0 Å². The largest absolute Gasteiger partial charge is 0.0834 e. The number of aryl methyl sites for hydroxylation is 1. The smallest absolute Gasteiger partial charge is 0.0141 e. The van der Waals surface area contributed by atoms with Crippen LogP contribution < -0.4 is 0 Å². The van der Waals surface area contributed by atoms with E-state index >= 15 is 0 Å². The second-order valence-corrected chi connectivity index (χ2v) is 6.96. The minimum absolute atomic E-state index is 0.204. The quantitative estimate of drug-likeness (QED) is 0.466. The highest BCUT2D eigenvalue weighted by Crippen LogP contribution is 2.31. The number of benzene rings is 3. The van der Waals surface area contributed by atoms with Crippen LogP contribution in [0.5, 0.6) is 0 Å². The van der Waals surface area contributed by atoms with Gasteiger partial charge in [-0.1, -0.05) is 116 Å². The minimum atomic E-state index is 0.204. The van der Waals surface area contributed by atoms with Gasteiger partial charge in [0.1, 0.15) is 0 Å². The standard InChI is InChI=1S/C13H14.C13H12/c1-13(10-6-3-7-11-13)12-8-4-2-5-9-12;1-11-7-5-6-10-13(11)12-8-3-2-4-9-12/h2-10H,11H2,1H3;2-10H,1H3. The van der Waals surface area contributed by atoms with Gasteiger partial charge in [-0.3, -0.25) is 0 Å². The van der Waals surface area contributed by atoms with E-state index in [0.29, 0.717) is 0 Å². The number of hydrogen-bond acceptors (Lipinski definition) is 0. The Labute approximate surface area is 157 Å². The van der Waals surface area contributed by atoms with Gasteiger partial charge in [0, 0.05) is 5.41 Å². The lowest BCUT2D eigenvalue weighted by atomic mass is 9.77. The summed E-state index contributed by atoms with van der Waals surface area (Å²) in [5.74, 6) is 0. The molecule has 1 unspecified atom stereocenters. The number of allylic oxidation sites excluding steroid dienone is 4. The average Bonchev–Trinajstić information content (AvgIpc) is 2.71. The summed E-state index contributed by atoms with van der Waals surface area (Å²) in [7, 11) is 0. The van der Waals surface area contributed by atoms with Crippen LogP contribution in [0.4, 0.5) is 0 Å². The van der Waals surface area contributed by atoms with Crippen LogP contribution in [0.15, 0.2) is 109 Å². The van der Waals surface area contributed by atoms with Crippen LogP contribution in [0.2, 0.25) is 0 Å². The molecule has 0 N–H and O–H groups in total. The van der Waals surface area contributed by atoms with Crippen molar-refractivity contribution in [1.29, 1.82) is 0 Å². The van der Waals surface area contributed by atoms with Gasteiger partial charge in [0.25, 0.3) is 0 Å². The lowest BCUT2D eigenvalue weighted by molar-refractivity contribution is 0.600. The Morgan fingerprint density at radius 2 is 1.31 bits per heavy atom. The third kappa shape index (κ3) is 4.40. The van der Waals surface area contributed by atoms with Crippen LogP contribution in [0, 0.1) is 6.92 Å². The first-order valence-electron chi connectivity index (χ1n) is 9.20. The van der Waals surface area contributed by atoms with E-state index < -0.39 is 0 Å². The van der Waals surface area contributed by atoms with E-state index in [4.69, 9.17) is 0 Å². The van der Waals surface area contributed by atoms with Gasteiger partial charge in [-0.25, -0.2) is 0 Å². The Balaban J connectivity index is 0.000000151. The van der Waals surface area contributed by atoms with Crippen molar-refractivity contribution in [3.63, 3.8) is 0 Å². The van der Waals surface area contributed by atoms with Crippen molar-refractivity contribution in [2.75, 3.05) is 0 Å². The molecule has 1 atom stereocenters. The fraction of sp³-hybridized carbons (Fsp3) is 0.154. The molecule has 26 heavy (non-hydrogen) atoms. The lowest BCUT2D eigenvalue weighted by Gasteiger charge is -2.26. The summed E-state index contributed by atoms with van der Waals surface area (Å²) in [6.07, 6.45) is 9.87. The molecule has 0 amide bonds. The Morgan fingerprint density at radius 3 is 1.92 bits per heavy atom. The highest BCUT2D eigenvalue weighted by atomic mass is 14.3. The SMILES string of the molecule is CC1(c2ccccc2)C=CC=CC1.Cc1ccccc1-c1ccccc1. The van der Waals surface area contributed by atoms with E-state index in [1.54, 1.807) is 0 Å². The van der Waals surface area contributed by atoms with Gasteiger partial charge in [-0.2, -0.15) is 0 Å². The second kappa shape index (κ2) is 8.49. The molecule has 0 saturated heterocycles. The van der Waals surface area contributed by atoms with Gasteiger partial charge < -0.3 is 0 Å². The molecule has 0 bridgehead atoms. The molecule has 0 nitrogen and oxygen atoms in total. The first-order valence-corrected chi connectivity index (χ1v) is 9.20. The van der Waals surface area contributed by atoms with Gasteiger partial charge in [0.05, 0.1) is 0 Å². The number of rotatable bonds is 2. The van der Waals surface area contributed by atoms with Crippen molar-refractivity contribution < 1.29 is 0 Å². The molecule has 0 heteroatoms. The third-order valence-electron chi connectivity index (χ3n) is 4.92. The molecule has 0 spiro atoms. The zero-order valence-corrected chi connectivity index (χ0v) is 15.6. The van der Waals surface area contributed by atoms with Crippen molar-refractivity contribution in [1.82, 2.24) is 0 Å². The molecule has 1 aliphatic carbocycles. The van der Waals surface area contributed by atoms with Crippen LogP contribution in [0.1, 0.15) is 24.5 Å². The molecule has 3 aromatic carbocycles. The van der Waals surface area contributed by atoms with E-state index in [-0.39, 0.29) is 5.41 Å². The van der Waals surface area contributed by atoms with Crippen molar-refractivity contribution in [3.05, 3.63) is 120 Å². The molecule has 130 valence electrons. The van der Waals surface area contributed by atoms with Crippen LogP contribution >= 0.6 is 0 Å². The number of hydrogen-bond donors (Lipinski definition) is 0. The van der Waals surface area contributed by atoms with E-state index in [2.05, 4.69) is 117 Å². The highest BCUT2D eigenvalue weighted by Gasteiger charge is 2.22. The maximum Gasteiger partial charge on any atom is 0.0141 e. The minimum Gasteiger partial charge on any atom is -0.0834 e. The lowest BCUT2D eigenvalue weighted by Crippen LogP contribution is -2.18. The third-order valence-corrected chi connectivity index (χ3v) is 4.92. The molecule has 0 aliphatic heterocycles. The molecule has 0 radical (unpaired) electrons. The monoisotopic (exact) mass is 338 g/mol. The second-order valence-electron chi connectivity index (χ2n) is 6.96. The molecular formula is C26H26. The summed E-state index contributed by atoms with van der Waals surface area (Å²) in [6, 6.07) is 29.6. The first kappa shape index (κ1) is 17.9. The maximum absolute atomic E-state index is 2.28. The summed E-state index contributed by atoms with van der Waals surface area (Å²) < 4.78 is 0. The molecular weight excluding hydrogens is 312 g/mol. The van der Waals surface area contributed by atoms with Crippen LogP contribution in [-0.2, 0) is 5.41 Å². The predicted molar refractivity (Wildman–Crippen MR) is 113 cm³/mol. The Morgan fingerprint density at radius 1 is 0.692 bits per heavy atom. The normalized spacial score (nSPS) is 18.1. The van der Waals surface area contributed by atoms with Gasteiger partial charge in [0.2, 0.25) is 0 Å². The van der Waals surface area contributed by atoms with Crippen molar-refractivity contribution in [3.8, 4) is 11.1 Å². The first-order chi connectivity index (χ1) is 12.7. The highest BCUT2D eigenvalue weighted by molar-refractivity contribution is 5.66. The fourth-order valence-electron chi connectivity index (χ4n) is 3.27. The molecule has 0 saturated carbocycles. The summed E-state index contributed by atoms with van der Waals surface area (Å²) in [4.78, 5) is 0. The van der Waals surface area contributed by atoms with E-state index in [0.717, 1.165) is 6.42 Å². The molecule has 0 aromatic heterocycles. The summed E-state index contributed by atoms with van der Waals surface area (Å²) in [6.45, 7) is 4.42. The Kier molecular flexibility index (Phi) is 5.86. The van der Waals surface area contributed by atoms with E-state index in [1.165, 1.54) is 22.3 Å². The summed E-state index contributed by atoms with van der Waals surface area (Å²) in [5.41, 5.74) is 5.55. The molecule has 3 aromatic rings.